The maximum atomic E-state index is 10.6. The van der Waals surface area contributed by atoms with E-state index >= 15 is 0 Å². The first-order chi connectivity index (χ1) is 5.11. The van der Waals surface area contributed by atoms with Crippen LogP contribution in [0.4, 0.5) is 0 Å². The first kappa shape index (κ1) is 10.5. The molecule has 0 fully saturated rings. The van der Waals surface area contributed by atoms with Gasteiger partial charge in [-0.25, -0.2) is 0 Å². The van der Waals surface area contributed by atoms with Gasteiger partial charge in [-0.2, -0.15) is 0 Å². The molecule has 0 saturated heterocycles. The first-order valence-electron chi connectivity index (χ1n) is 4.34. The van der Waals surface area contributed by atoms with Crippen molar-refractivity contribution < 1.29 is 9.90 Å². The Balaban J connectivity index is 3.77. The van der Waals surface area contributed by atoms with Crippen LogP contribution in [0.2, 0.25) is 0 Å². The van der Waals surface area contributed by atoms with Gasteiger partial charge in [0, 0.05) is 0 Å². The molecule has 2 nitrogen and oxygen atoms in total. The van der Waals surface area contributed by atoms with E-state index in [1.54, 1.807) is 0 Å². The summed E-state index contributed by atoms with van der Waals surface area (Å²) >= 11 is 0. The number of hydrogen-bond donors (Lipinski definition) is 1. The van der Waals surface area contributed by atoms with Gasteiger partial charge in [-0.3, -0.25) is 4.79 Å². The molecule has 0 spiro atoms. The zero-order chi connectivity index (χ0) is 8.85. The second-order valence-corrected chi connectivity index (χ2v) is 3.19. The standard InChI is InChI=1S/C9H18O2/c1-4-7(3)6-8(5-2)9(10)11/h7-8H,4-6H2,1-3H3,(H,10,11). The molecule has 0 aliphatic heterocycles. The highest BCUT2D eigenvalue weighted by atomic mass is 16.4. The maximum absolute atomic E-state index is 10.6. The average molecular weight is 158 g/mol. The van der Waals surface area contributed by atoms with Gasteiger partial charge in [0.25, 0.3) is 0 Å². The smallest absolute Gasteiger partial charge is 0.306 e. The van der Waals surface area contributed by atoms with Crippen molar-refractivity contribution in [2.45, 2.75) is 40.0 Å². The van der Waals surface area contributed by atoms with Crippen LogP contribution in [0.3, 0.4) is 0 Å². The zero-order valence-electron chi connectivity index (χ0n) is 7.63. The van der Waals surface area contributed by atoms with E-state index in [4.69, 9.17) is 5.11 Å². The largest absolute Gasteiger partial charge is 0.481 e. The van der Waals surface area contributed by atoms with Crippen molar-refractivity contribution in [2.24, 2.45) is 11.8 Å². The van der Waals surface area contributed by atoms with Gasteiger partial charge in [-0.15, -0.1) is 0 Å². The van der Waals surface area contributed by atoms with Crippen molar-refractivity contribution >= 4 is 5.97 Å². The second-order valence-electron chi connectivity index (χ2n) is 3.19. The third-order valence-electron chi connectivity index (χ3n) is 2.23. The maximum Gasteiger partial charge on any atom is 0.306 e. The lowest BCUT2D eigenvalue weighted by molar-refractivity contribution is -0.142. The molecule has 0 aromatic heterocycles. The minimum Gasteiger partial charge on any atom is -0.481 e. The van der Waals surface area contributed by atoms with Crippen molar-refractivity contribution in [1.82, 2.24) is 0 Å². The number of hydrogen-bond acceptors (Lipinski definition) is 1. The Labute approximate surface area is 68.6 Å². The summed E-state index contributed by atoms with van der Waals surface area (Å²) in [7, 11) is 0. The lowest BCUT2D eigenvalue weighted by atomic mass is 9.92. The van der Waals surface area contributed by atoms with E-state index in [2.05, 4.69) is 13.8 Å². The predicted octanol–water partition coefficient (Wildman–Crippen LogP) is 2.53. The molecule has 0 saturated carbocycles. The summed E-state index contributed by atoms with van der Waals surface area (Å²) in [6, 6.07) is 0. The lowest BCUT2D eigenvalue weighted by Crippen LogP contribution is -2.15. The fourth-order valence-corrected chi connectivity index (χ4v) is 1.09. The molecule has 11 heavy (non-hydrogen) atoms. The van der Waals surface area contributed by atoms with Crippen LogP contribution in [-0.2, 0) is 4.79 Å². The lowest BCUT2D eigenvalue weighted by Gasteiger charge is -2.13. The summed E-state index contributed by atoms with van der Waals surface area (Å²) in [4.78, 5) is 10.6. The molecule has 0 bridgehead atoms. The van der Waals surface area contributed by atoms with E-state index in [1.807, 2.05) is 6.92 Å². The Bertz CT molecular complexity index is 121. The molecule has 0 heterocycles. The normalized spacial score (nSPS) is 15.9. The summed E-state index contributed by atoms with van der Waals surface area (Å²) < 4.78 is 0. The molecule has 2 unspecified atom stereocenters. The Morgan fingerprint density at radius 3 is 2.18 bits per heavy atom. The van der Waals surface area contributed by atoms with Gasteiger partial charge in [-0.1, -0.05) is 27.2 Å². The van der Waals surface area contributed by atoms with Crippen LogP contribution in [0.25, 0.3) is 0 Å². The van der Waals surface area contributed by atoms with Gasteiger partial charge in [0.15, 0.2) is 0 Å². The Hall–Kier alpha value is -0.530. The van der Waals surface area contributed by atoms with Crippen LogP contribution < -0.4 is 0 Å². The minimum atomic E-state index is -0.646. The van der Waals surface area contributed by atoms with Crippen molar-refractivity contribution in [3.05, 3.63) is 0 Å². The monoisotopic (exact) mass is 158 g/mol. The highest BCUT2D eigenvalue weighted by molar-refractivity contribution is 5.69. The highest BCUT2D eigenvalue weighted by Crippen LogP contribution is 2.17. The van der Waals surface area contributed by atoms with Crippen molar-refractivity contribution in [3.8, 4) is 0 Å². The molecule has 0 amide bonds. The third-order valence-corrected chi connectivity index (χ3v) is 2.23. The third kappa shape index (κ3) is 4.02. The summed E-state index contributed by atoms with van der Waals surface area (Å²) in [5, 5.41) is 8.72. The fraction of sp³-hybridized carbons (Fsp3) is 0.889. The number of aliphatic carboxylic acids is 1. The topological polar surface area (TPSA) is 37.3 Å². The van der Waals surface area contributed by atoms with Crippen LogP contribution in [-0.4, -0.2) is 11.1 Å². The summed E-state index contributed by atoms with van der Waals surface area (Å²) in [5.41, 5.74) is 0. The average Bonchev–Trinajstić information content (AvgIpc) is 1.99. The van der Waals surface area contributed by atoms with E-state index in [1.165, 1.54) is 0 Å². The van der Waals surface area contributed by atoms with E-state index in [9.17, 15) is 4.79 Å². The number of carboxylic acid groups (broad SMARTS) is 1. The fourth-order valence-electron chi connectivity index (χ4n) is 1.09. The quantitative estimate of drug-likeness (QED) is 0.667. The number of rotatable bonds is 5. The molecular weight excluding hydrogens is 140 g/mol. The molecule has 0 radical (unpaired) electrons. The van der Waals surface area contributed by atoms with Gasteiger partial charge in [0.2, 0.25) is 0 Å². The number of carboxylic acids is 1. The van der Waals surface area contributed by atoms with Crippen LogP contribution in [0.1, 0.15) is 40.0 Å². The van der Waals surface area contributed by atoms with Crippen molar-refractivity contribution in [1.29, 1.82) is 0 Å². The van der Waals surface area contributed by atoms with E-state index < -0.39 is 5.97 Å². The van der Waals surface area contributed by atoms with Gasteiger partial charge < -0.3 is 5.11 Å². The summed E-state index contributed by atoms with van der Waals surface area (Å²) in [6.07, 6.45) is 2.64. The number of carbonyl (C=O) groups is 1. The minimum absolute atomic E-state index is 0.134. The van der Waals surface area contributed by atoms with Gasteiger partial charge in [0.1, 0.15) is 0 Å². The Kier molecular flexibility index (Phi) is 4.92. The molecule has 66 valence electrons. The summed E-state index contributed by atoms with van der Waals surface area (Å²) in [6.45, 7) is 6.13. The van der Waals surface area contributed by atoms with Crippen LogP contribution in [0, 0.1) is 11.8 Å². The molecule has 0 aliphatic rings. The molecule has 0 aromatic carbocycles. The first-order valence-corrected chi connectivity index (χ1v) is 4.34. The van der Waals surface area contributed by atoms with Crippen molar-refractivity contribution in [3.63, 3.8) is 0 Å². The molecule has 0 aromatic rings. The highest BCUT2D eigenvalue weighted by Gasteiger charge is 2.16. The van der Waals surface area contributed by atoms with Gasteiger partial charge >= 0.3 is 5.97 Å². The molecule has 1 N–H and O–H groups in total. The molecular formula is C9H18O2. The predicted molar refractivity (Wildman–Crippen MR) is 45.5 cm³/mol. The Morgan fingerprint density at radius 2 is 1.91 bits per heavy atom. The van der Waals surface area contributed by atoms with Crippen LogP contribution >= 0.6 is 0 Å². The van der Waals surface area contributed by atoms with Crippen LogP contribution in [0.5, 0.6) is 0 Å². The SMILES string of the molecule is CCC(C)CC(CC)C(=O)O. The molecule has 0 aliphatic carbocycles. The Morgan fingerprint density at radius 1 is 1.36 bits per heavy atom. The van der Waals surface area contributed by atoms with Gasteiger partial charge in [-0.05, 0) is 18.8 Å². The summed E-state index contributed by atoms with van der Waals surface area (Å²) in [5.74, 6) is -0.242. The molecule has 2 heteroatoms. The van der Waals surface area contributed by atoms with Crippen LogP contribution in [0.15, 0.2) is 0 Å². The van der Waals surface area contributed by atoms with Crippen molar-refractivity contribution in [2.75, 3.05) is 0 Å². The van der Waals surface area contributed by atoms with E-state index in [-0.39, 0.29) is 5.92 Å². The molecule has 0 rings (SSSR count). The van der Waals surface area contributed by atoms with Gasteiger partial charge in [0.05, 0.1) is 5.92 Å². The molecule has 2 atom stereocenters. The van der Waals surface area contributed by atoms with E-state index in [0.717, 1.165) is 19.3 Å². The van der Waals surface area contributed by atoms with E-state index in [0.29, 0.717) is 5.92 Å². The second kappa shape index (κ2) is 5.16. The zero-order valence-corrected chi connectivity index (χ0v) is 7.63.